The van der Waals surface area contributed by atoms with Gasteiger partial charge in [-0.15, -0.1) is 11.3 Å². The molecule has 0 fully saturated rings. The highest BCUT2D eigenvalue weighted by Crippen LogP contribution is 2.35. The lowest BCUT2D eigenvalue weighted by Gasteiger charge is -2.21. The van der Waals surface area contributed by atoms with Gasteiger partial charge in [-0.1, -0.05) is 0 Å². The molecule has 2 heterocycles. The van der Waals surface area contributed by atoms with Crippen molar-refractivity contribution >= 4 is 38.1 Å². The van der Waals surface area contributed by atoms with Crippen LogP contribution in [0, 0.1) is 5.82 Å². The third kappa shape index (κ3) is 3.88. The Balaban J connectivity index is 1.53. The fraction of sp³-hybridized carbons (Fsp3) is 0.200. The minimum absolute atomic E-state index is 0.185. The zero-order valence-electron chi connectivity index (χ0n) is 15.7. The number of nitrogens with one attached hydrogen (secondary N) is 1. The van der Waals surface area contributed by atoms with Crippen LogP contribution in [0.3, 0.4) is 0 Å². The highest BCUT2D eigenvalue weighted by atomic mass is 32.2. The van der Waals surface area contributed by atoms with Crippen molar-refractivity contribution < 1.29 is 17.6 Å². The number of anilines is 2. The average Bonchev–Trinajstić information content (AvgIpc) is 3.24. The number of hydrogen-bond donors (Lipinski definition) is 1. The van der Waals surface area contributed by atoms with Gasteiger partial charge in [0.15, 0.2) is 5.13 Å². The minimum atomic E-state index is -3.37. The monoisotopic (exact) mass is 431 g/mol. The van der Waals surface area contributed by atoms with Gasteiger partial charge in [-0.3, -0.25) is 14.4 Å². The van der Waals surface area contributed by atoms with Gasteiger partial charge in [0.1, 0.15) is 5.82 Å². The van der Waals surface area contributed by atoms with Crippen molar-refractivity contribution in [2.75, 3.05) is 15.9 Å². The first kappa shape index (κ1) is 19.5. The van der Waals surface area contributed by atoms with Crippen LogP contribution < -0.4 is 9.62 Å². The van der Waals surface area contributed by atoms with Crippen molar-refractivity contribution in [3.8, 4) is 11.3 Å². The second kappa shape index (κ2) is 7.23. The van der Waals surface area contributed by atoms with Crippen LogP contribution in [0.25, 0.3) is 11.3 Å². The number of carbonyl (C=O) groups is 1. The third-order valence-electron chi connectivity index (χ3n) is 4.72. The molecular weight excluding hydrogens is 413 g/mol. The molecule has 9 heteroatoms. The number of amides is 1. The van der Waals surface area contributed by atoms with Crippen molar-refractivity contribution in [3.05, 3.63) is 64.8 Å². The predicted molar refractivity (Wildman–Crippen MR) is 112 cm³/mol. The summed E-state index contributed by atoms with van der Waals surface area (Å²) in [5.74, 6) is -0.642. The normalized spacial score (nSPS) is 16.0. The smallest absolute Gasteiger partial charge is 0.257 e. The average molecular weight is 432 g/mol. The van der Waals surface area contributed by atoms with Gasteiger partial charge in [0.2, 0.25) is 10.0 Å². The van der Waals surface area contributed by atoms with Crippen LogP contribution in [0.15, 0.2) is 47.8 Å². The van der Waals surface area contributed by atoms with Gasteiger partial charge in [-0.25, -0.2) is 17.8 Å². The molecule has 2 aromatic carbocycles. The first-order valence-electron chi connectivity index (χ1n) is 8.87. The van der Waals surface area contributed by atoms with E-state index in [1.54, 1.807) is 35.7 Å². The third-order valence-corrected chi connectivity index (χ3v) is 6.75. The molecule has 0 bridgehead atoms. The number of fused-ring (bicyclic) bond motifs is 1. The summed E-state index contributed by atoms with van der Waals surface area (Å²) in [6, 6.07) is 10.8. The Morgan fingerprint density at radius 2 is 1.97 bits per heavy atom. The summed E-state index contributed by atoms with van der Waals surface area (Å²) in [6.45, 7) is 1.84. The van der Waals surface area contributed by atoms with Gasteiger partial charge in [-0.05, 0) is 61.4 Å². The maximum atomic E-state index is 13.1. The summed E-state index contributed by atoms with van der Waals surface area (Å²) in [5, 5.41) is 4.99. The topological polar surface area (TPSA) is 79.4 Å². The van der Waals surface area contributed by atoms with Gasteiger partial charge in [0.05, 0.1) is 17.6 Å². The first-order chi connectivity index (χ1) is 13.7. The van der Waals surface area contributed by atoms with Crippen LogP contribution in [0.4, 0.5) is 15.2 Å². The number of hydrogen-bond acceptors (Lipinski definition) is 5. The van der Waals surface area contributed by atoms with Crippen LogP contribution in [-0.4, -0.2) is 31.6 Å². The number of halogens is 1. The van der Waals surface area contributed by atoms with E-state index in [0.717, 1.165) is 11.1 Å². The van der Waals surface area contributed by atoms with Crippen molar-refractivity contribution in [1.82, 2.24) is 4.98 Å². The van der Waals surface area contributed by atoms with Crippen molar-refractivity contribution in [1.29, 1.82) is 0 Å². The second-order valence-corrected chi connectivity index (χ2v) is 9.67. The summed E-state index contributed by atoms with van der Waals surface area (Å²) < 4.78 is 38.5. The van der Waals surface area contributed by atoms with Gasteiger partial charge in [0.25, 0.3) is 5.91 Å². The Morgan fingerprint density at radius 1 is 1.24 bits per heavy atom. The Morgan fingerprint density at radius 3 is 2.66 bits per heavy atom. The van der Waals surface area contributed by atoms with Crippen LogP contribution in [0.5, 0.6) is 0 Å². The molecule has 0 saturated heterocycles. The van der Waals surface area contributed by atoms with E-state index in [9.17, 15) is 17.6 Å². The molecule has 1 N–H and O–H groups in total. The van der Waals surface area contributed by atoms with Gasteiger partial charge in [0, 0.05) is 22.5 Å². The molecule has 0 saturated carbocycles. The van der Waals surface area contributed by atoms with E-state index in [-0.39, 0.29) is 17.8 Å². The number of rotatable bonds is 4. The number of sulfonamides is 1. The Hall–Kier alpha value is -2.78. The van der Waals surface area contributed by atoms with E-state index >= 15 is 0 Å². The Bertz CT molecular complexity index is 1190. The van der Waals surface area contributed by atoms with Crippen molar-refractivity contribution in [2.45, 2.75) is 19.4 Å². The molecule has 4 rings (SSSR count). The minimum Gasteiger partial charge on any atom is -0.298 e. The molecular formula is C20H18FN3O3S2. The SMILES string of the molecule is CC1Cc2cc(C(=O)Nc3nc(-c4ccc(F)cc4)cs3)ccc2N1S(C)(=O)=O. The Kier molecular flexibility index (Phi) is 4.87. The zero-order chi connectivity index (χ0) is 20.8. The summed E-state index contributed by atoms with van der Waals surface area (Å²) >= 11 is 1.28. The van der Waals surface area contributed by atoms with Crippen molar-refractivity contribution in [3.63, 3.8) is 0 Å². The molecule has 150 valence electrons. The maximum absolute atomic E-state index is 13.1. The van der Waals surface area contributed by atoms with Gasteiger partial charge in [-0.2, -0.15) is 0 Å². The standard InChI is InChI=1S/C20H18FN3O3S2/c1-12-9-15-10-14(5-8-18(15)24(12)29(2,26)27)19(25)23-20-22-17(11-28-20)13-3-6-16(21)7-4-13/h3-8,10-12H,9H2,1-2H3,(H,22,23,25). The van der Waals surface area contributed by atoms with Crippen LogP contribution in [0.1, 0.15) is 22.8 Å². The highest BCUT2D eigenvalue weighted by molar-refractivity contribution is 7.92. The molecule has 1 aliphatic heterocycles. The molecule has 1 atom stereocenters. The number of aromatic nitrogens is 1. The lowest BCUT2D eigenvalue weighted by Crippen LogP contribution is -2.34. The highest BCUT2D eigenvalue weighted by Gasteiger charge is 2.32. The van der Waals surface area contributed by atoms with Gasteiger partial charge >= 0.3 is 0 Å². The molecule has 0 aliphatic carbocycles. The molecule has 6 nitrogen and oxygen atoms in total. The van der Waals surface area contributed by atoms with E-state index in [0.29, 0.717) is 28.5 Å². The molecule has 1 amide bonds. The summed E-state index contributed by atoms with van der Waals surface area (Å²) in [5.41, 5.74) is 3.28. The van der Waals surface area contributed by atoms with E-state index in [1.807, 2.05) is 6.92 Å². The second-order valence-electron chi connectivity index (χ2n) is 6.95. The lowest BCUT2D eigenvalue weighted by atomic mass is 10.1. The first-order valence-corrected chi connectivity index (χ1v) is 11.6. The quantitative estimate of drug-likeness (QED) is 0.679. The molecule has 0 radical (unpaired) electrons. The molecule has 0 spiro atoms. The zero-order valence-corrected chi connectivity index (χ0v) is 17.3. The predicted octanol–water partition coefficient (Wildman–Crippen LogP) is 3.91. The largest absolute Gasteiger partial charge is 0.298 e. The fourth-order valence-corrected chi connectivity index (χ4v) is 5.48. The summed E-state index contributed by atoms with van der Waals surface area (Å²) in [6.07, 6.45) is 1.73. The Labute approximate surface area is 172 Å². The van der Waals surface area contributed by atoms with E-state index < -0.39 is 10.0 Å². The molecule has 29 heavy (non-hydrogen) atoms. The fourth-order valence-electron chi connectivity index (χ4n) is 3.50. The number of nitrogens with zero attached hydrogens (tertiary/aromatic N) is 2. The van der Waals surface area contributed by atoms with Crippen molar-refractivity contribution in [2.24, 2.45) is 0 Å². The maximum Gasteiger partial charge on any atom is 0.257 e. The van der Waals surface area contributed by atoms with Crippen LogP contribution >= 0.6 is 11.3 Å². The van der Waals surface area contributed by atoms with E-state index in [1.165, 1.54) is 34.0 Å². The molecule has 1 aromatic heterocycles. The summed E-state index contributed by atoms with van der Waals surface area (Å²) in [4.78, 5) is 17.0. The molecule has 1 unspecified atom stereocenters. The number of carbonyl (C=O) groups excluding carboxylic acids is 1. The number of thiazole rings is 1. The molecule has 3 aromatic rings. The lowest BCUT2D eigenvalue weighted by molar-refractivity contribution is 0.102. The van der Waals surface area contributed by atoms with E-state index in [4.69, 9.17) is 0 Å². The van der Waals surface area contributed by atoms with Gasteiger partial charge < -0.3 is 0 Å². The number of benzene rings is 2. The molecule has 1 aliphatic rings. The van der Waals surface area contributed by atoms with Crippen LogP contribution in [-0.2, 0) is 16.4 Å². The summed E-state index contributed by atoms with van der Waals surface area (Å²) in [7, 11) is -3.37. The van der Waals surface area contributed by atoms with E-state index in [2.05, 4.69) is 10.3 Å². The van der Waals surface area contributed by atoms with Crippen LogP contribution in [0.2, 0.25) is 0 Å².